The molecule has 294 valence electrons. The number of rotatable bonds is 15. The molecule has 55 heavy (non-hydrogen) atoms. The van der Waals surface area contributed by atoms with Crippen LogP contribution in [0.3, 0.4) is 0 Å². The lowest BCUT2D eigenvalue weighted by molar-refractivity contribution is -0.140. The van der Waals surface area contributed by atoms with Crippen molar-refractivity contribution in [3.05, 3.63) is 111 Å². The number of hydrogen-bond acceptors (Lipinski definition) is 13. The molecule has 2 aromatic carbocycles. The number of likely N-dealkylation sites (N-methyl/N-ethyl adjacent to an activating group) is 1. The summed E-state index contributed by atoms with van der Waals surface area (Å²) in [7, 11) is 1.25. The smallest absolute Gasteiger partial charge is 0.331 e. The number of aliphatic hydroxyl groups excluding tert-OH is 1. The third-order valence-electron chi connectivity index (χ3n) is 8.89. The number of aromatic hydroxyl groups is 1. The summed E-state index contributed by atoms with van der Waals surface area (Å²) in [6.45, 7) is 1.39. The zero-order chi connectivity index (χ0) is 40.6. The molecule has 0 bridgehead atoms. The van der Waals surface area contributed by atoms with Crippen LogP contribution in [0.1, 0.15) is 37.1 Å². The van der Waals surface area contributed by atoms with Gasteiger partial charge in [-0.05, 0) is 36.6 Å². The van der Waals surface area contributed by atoms with Gasteiger partial charge in [-0.1, -0.05) is 42.5 Å². The number of urea groups is 1. The highest BCUT2D eigenvalue weighted by molar-refractivity contribution is 6.00. The summed E-state index contributed by atoms with van der Waals surface area (Å²) in [6, 6.07) is 6.88. The van der Waals surface area contributed by atoms with Crippen LogP contribution in [0.15, 0.2) is 88.4 Å². The maximum Gasteiger partial charge on any atom is 0.331 e. The van der Waals surface area contributed by atoms with Crippen molar-refractivity contribution in [3.63, 3.8) is 0 Å². The number of phenolic OH excluding ortho intramolecular Hbond substituents is 1. The minimum atomic E-state index is -1.85. The number of amides is 4. The molecule has 4 rings (SSSR count). The van der Waals surface area contributed by atoms with Crippen LogP contribution in [-0.2, 0) is 36.8 Å². The zero-order valence-corrected chi connectivity index (χ0v) is 30.0. The molecule has 1 fully saturated rings. The third kappa shape index (κ3) is 10.7. The minimum Gasteiger partial charge on any atom is -0.508 e. The predicted molar refractivity (Wildman–Crippen MR) is 195 cm³/mol. The Morgan fingerprint density at radius 3 is 2.29 bits per heavy atom. The van der Waals surface area contributed by atoms with Crippen LogP contribution >= 0.6 is 0 Å². The van der Waals surface area contributed by atoms with Crippen molar-refractivity contribution in [2.24, 2.45) is 17.2 Å². The number of hydrogen-bond donors (Lipinski definition) is 8. The van der Waals surface area contributed by atoms with Crippen molar-refractivity contribution in [3.8, 4) is 5.75 Å². The van der Waals surface area contributed by atoms with Gasteiger partial charge in [0.15, 0.2) is 5.78 Å². The average molecular weight is 765 g/mol. The Bertz CT molecular complexity index is 2030. The highest BCUT2D eigenvalue weighted by atomic mass is 16.5. The number of benzene rings is 2. The van der Waals surface area contributed by atoms with Gasteiger partial charge in [0, 0.05) is 38.6 Å². The fraction of sp³-hybridized carbons (Fsp3) is 0.361. The van der Waals surface area contributed by atoms with Gasteiger partial charge in [0.1, 0.15) is 29.7 Å². The molecule has 2 heterocycles. The van der Waals surface area contributed by atoms with E-state index in [0.717, 1.165) is 27.9 Å². The van der Waals surface area contributed by atoms with Crippen molar-refractivity contribution in [2.45, 2.75) is 75.1 Å². The number of ketones is 1. The molecule has 0 radical (unpaired) electrons. The number of nitrogens with two attached hydrogens (primary N) is 3. The number of aromatic nitrogens is 2. The summed E-state index contributed by atoms with van der Waals surface area (Å²) in [4.78, 5) is 94.6. The van der Waals surface area contributed by atoms with Crippen LogP contribution in [0, 0.1) is 0 Å². The number of carboxylic acid groups (broad SMARTS) is 1. The zero-order valence-electron chi connectivity index (χ0n) is 30.0. The number of aliphatic carboxylic acids is 1. The summed E-state index contributed by atoms with van der Waals surface area (Å²) in [5, 5.41) is 32.9. The number of nitrogens with one attached hydrogen (secondary N) is 2. The molecular weight excluding hydrogens is 720 g/mol. The van der Waals surface area contributed by atoms with E-state index < -0.39 is 89.8 Å². The Kier molecular flexibility index (Phi) is 13.8. The van der Waals surface area contributed by atoms with Gasteiger partial charge in [0.25, 0.3) is 11.5 Å². The molecule has 1 aromatic heterocycles. The van der Waals surface area contributed by atoms with Crippen LogP contribution < -0.4 is 33.8 Å². The van der Waals surface area contributed by atoms with Crippen molar-refractivity contribution < 1.29 is 44.0 Å². The van der Waals surface area contributed by atoms with Gasteiger partial charge in [0.05, 0.1) is 24.3 Å². The largest absolute Gasteiger partial charge is 0.508 e. The third-order valence-corrected chi connectivity index (χ3v) is 8.89. The van der Waals surface area contributed by atoms with Crippen molar-refractivity contribution >= 4 is 29.6 Å². The molecule has 19 nitrogen and oxygen atoms in total. The molecule has 11 N–H and O–H groups in total. The Hall–Kier alpha value is -6.15. The fourth-order valence-corrected chi connectivity index (χ4v) is 5.85. The molecule has 0 aliphatic carbocycles. The molecular formula is C36H44N8O11. The lowest BCUT2D eigenvalue weighted by Crippen LogP contribution is -2.61. The van der Waals surface area contributed by atoms with Crippen LogP contribution in [0.2, 0.25) is 0 Å². The van der Waals surface area contributed by atoms with E-state index in [2.05, 4.69) is 5.32 Å². The molecule has 0 spiro atoms. The maximum absolute atomic E-state index is 14.3. The van der Waals surface area contributed by atoms with E-state index in [1.807, 2.05) is 4.98 Å². The number of carbonyl (C=O) groups is 5. The Morgan fingerprint density at radius 2 is 1.67 bits per heavy atom. The van der Waals surface area contributed by atoms with Crippen LogP contribution in [0.4, 0.5) is 4.79 Å². The molecule has 7 atom stereocenters. The SMILES string of the molecule is C[C@H](N)C(=O)CC(C(N)C(=O)N(/C=C1\CC(O)C(n2ccc(=O)[nH]c2=O)O1)C(=O)NC(Cc1ccccc1)C(=O)O)N(C)C(=O)[C@@H](N)Cc1cccc(O)c1. The fourth-order valence-electron chi connectivity index (χ4n) is 5.85. The first-order valence-electron chi connectivity index (χ1n) is 17.1. The van der Waals surface area contributed by atoms with Gasteiger partial charge >= 0.3 is 17.7 Å². The summed E-state index contributed by atoms with van der Waals surface area (Å²) < 4.78 is 6.61. The van der Waals surface area contributed by atoms with E-state index in [4.69, 9.17) is 21.9 Å². The number of ether oxygens (including phenoxy) is 1. The van der Waals surface area contributed by atoms with Crippen LogP contribution in [0.5, 0.6) is 5.75 Å². The number of phenols is 1. The topological polar surface area (TPSA) is 307 Å². The molecule has 3 aromatic rings. The molecule has 19 heteroatoms. The lowest BCUT2D eigenvalue weighted by atomic mass is 9.96. The van der Waals surface area contributed by atoms with Crippen molar-refractivity contribution in [1.82, 2.24) is 24.7 Å². The van der Waals surface area contributed by atoms with E-state index in [1.54, 1.807) is 42.5 Å². The second kappa shape index (κ2) is 18.3. The molecule has 1 saturated heterocycles. The monoisotopic (exact) mass is 764 g/mol. The van der Waals surface area contributed by atoms with Gasteiger partial charge in [-0.15, -0.1) is 0 Å². The summed E-state index contributed by atoms with van der Waals surface area (Å²) >= 11 is 0. The lowest BCUT2D eigenvalue weighted by Gasteiger charge is -2.35. The number of nitrogens with zero attached hydrogens (tertiary/aromatic N) is 3. The number of carboxylic acids is 1. The van der Waals surface area contributed by atoms with Gasteiger partial charge < -0.3 is 47.5 Å². The first-order chi connectivity index (χ1) is 26.0. The van der Waals surface area contributed by atoms with Gasteiger partial charge in [-0.2, -0.15) is 0 Å². The summed E-state index contributed by atoms with van der Waals surface area (Å²) in [5.41, 5.74) is 17.9. The van der Waals surface area contributed by atoms with Gasteiger partial charge in [-0.25, -0.2) is 19.3 Å². The quantitative estimate of drug-likeness (QED) is 0.0886. The van der Waals surface area contributed by atoms with Gasteiger partial charge in [-0.3, -0.25) is 28.7 Å². The highest BCUT2D eigenvalue weighted by Gasteiger charge is 2.40. The number of carbonyl (C=O) groups excluding carboxylic acids is 4. The Labute approximate surface area is 314 Å². The van der Waals surface area contributed by atoms with Crippen molar-refractivity contribution in [2.75, 3.05) is 7.05 Å². The number of H-pyrrole nitrogens is 1. The Morgan fingerprint density at radius 1 is 1.00 bits per heavy atom. The summed E-state index contributed by atoms with van der Waals surface area (Å²) in [6.07, 6.45) is -2.10. The number of Topliss-reactive ketones (excluding diaryl/α,β-unsaturated/α-hetero) is 1. The minimum absolute atomic E-state index is 0.0491. The molecule has 5 unspecified atom stereocenters. The average Bonchev–Trinajstić information content (AvgIpc) is 3.50. The Balaban J connectivity index is 1.70. The number of imide groups is 1. The van der Waals surface area contributed by atoms with Crippen LogP contribution in [-0.4, -0.2) is 108 Å². The predicted octanol–water partition coefficient (Wildman–Crippen LogP) is -1.37. The highest BCUT2D eigenvalue weighted by Crippen LogP contribution is 2.31. The number of aliphatic hydroxyl groups is 1. The van der Waals surface area contributed by atoms with Crippen molar-refractivity contribution in [1.29, 1.82) is 0 Å². The first-order valence-corrected chi connectivity index (χ1v) is 17.1. The second-order valence-corrected chi connectivity index (χ2v) is 13.1. The molecule has 0 saturated carbocycles. The van der Waals surface area contributed by atoms with Crippen LogP contribution in [0.25, 0.3) is 0 Å². The van der Waals surface area contributed by atoms with E-state index in [0.29, 0.717) is 16.0 Å². The van der Waals surface area contributed by atoms with Gasteiger partial charge in [0.2, 0.25) is 12.1 Å². The summed E-state index contributed by atoms with van der Waals surface area (Å²) in [5.74, 6) is -4.33. The van der Waals surface area contributed by atoms with E-state index in [1.165, 1.54) is 26.1 Å². The standard InChI is InChI=1S/C36H44N8O11/c1-19(37)27(46)17-26(42(2)31(49)24(38)14-21-9-6-10-22(45)13-21)30(39)32(50)44(35(53)40-25(34(51)52)15-20-7-4-3-5-8-20)18-23-16-28(47)33(55-23)43-12-11-29(48)41-36(43)54/h3-13,18-19,24-26,28,30,33,45,47H,14-17,37-39H2,1-2H3,(H,40,53)(H,51,52)(H,41,48,54)/b23-18+/t19-,24-,25?,26?,28?,30?,33?/m0/s1. The van der Waals surface area contributed by atoms with E-state index in [-0.39, 0.29) is 30.8 Å². The van der Waals surface area contributed by atoms with E-state index >= 15 is 0 Å². The number of aromatic amines is 1. The molecule has 4 amide bonds. The molecule has 1 aliphatic heterocycles. The normalized spacial score (nSPS) is 18.6. The second-order valence-electron chi connectivity index (χ2n) is 13.1. The van der Waals surface area contributed by atoms with E-state index in [9.17, 15) is 48.9 Å². The maximum atomic E-state index is 14.3. The molecule has 1 aliphatic rings. The first kappa shape index (κ1) is 41.6.